The van der Waals surface area contributed by atoms with E-state index in [1.54, 1.807) is 29.2 Å². The van der Waals surface area contributed by atoms with Gasteiger partial charge < -0.3 is 4.79 Å². The van der Waals surface area contributed by atoms with E-state index >= 15 is 0 Å². The van der Waals surface area contributed by atoms with E-state index in [4.69, 9.17) is 0 Å². The molecule has 0 aliphatic carbocycles. The van der Waals surface area contributed by atoms with Crippen molar-refractivity contribution < 1.29 is 31.2 Å². The fourth-order valence-electron chi connectivity index (χ4n) is 2.61. The summed E-state index contributed by atoms with van der Waals surface area (Å²) in [6.07, 6.45) is -4.28. The average molecular weight is 439 g/mol. The predicted molar refractivity (Wildman–Crippen MR) is 101 cm³/mol. The van der Waals surface area contributed by atoms with E-state index in [2.05, 4.69) is 9.94 Å². The molecule has 0 aliphatic rings. The number of hydrogen-bond acceptors (Lipinski definition) is 5. The highest BCUT2D eigenvalue weighted by atomic mass is 32.2. The van der Waals surface area contributed by atoms with Gasteiger partial charge in [0.25, 0.3) is 10.0 Å². The first-order valence-electron chi connectivity index (χ1n) is 8.54. The van der Waals surface area contributed by atoms with Gasteiger partial charge in [-0.15, -0.1) is 0 Å². The van der Waals surface area contributed by atoms with E-state index in [1.807, 2.05) is 6.92 Å². The molecule has 0 atom stereocenters. The van der Waals surface area contributed by atoms with E-state index in [0.29, 0.717) is 11.8 Å². The minimum absolute atomic E-state index is 0.197. The lowest BCUT2D eigenvalue weighted by molar-refractivity contribution is -0.141. The Bertz CT molecular complexity index is 1140. The molecule has 0 saturated heterocycles. The Morgan fingerprint density at radius 2 is 1.73 bits per heavy atom. The summed E-state index contributed by atoms with van der Waals surface area (Å²) in [5.74, 6) is 0. The van der Waals surface area contributed by atoms with Crippen LogP contribution in [0.2, 0.25) is 0 Å². The van der Waals surface area contributed by atoms with Gasteiger partial charge >= 0.3 is 6.18 Å². The number of nitrogens with zero attached hydrogens (tertiary/aromatic N) is 2. The second kappa shape index (κ2) is 8.38. The zero-order valence-electron chi connectivity index (χ0n) is 15.6. The first kappa shape index (κ1) is 21.7. The number of hydrogen-bond donors (Lipinski definition) is 1. The number of aromatic nitrogens is 2. The molecule has 2 aromatic carbocycles. The molecule has 1 aromatic heterocycles. The molecule has 0 unspecified atom stereocenters. The molecule has 11 heteroatoms. The molecule has 3 aromatic rings. The molecular weight excluding hydrogens is 423 g/mol. The molecule has 0 bridgehead atoms. The molecule has 7 nitrogen and oxygen atoms in total. The molecular formula is C19H16F3N3O4S. The molecule has 0 saturated carbocycles. The van der Waals surface area contributed by atoms with Crippen molar-refractivity contribution in [3.05, 3.63) is 65.9 Å². The van der Waals surface area contributed by atoms with Gasteiger partial charge in [-0.2, -0.15) is 18.3 Å². The van der Waals surface area contributed by atoms with Crippen LogP contribution in [0.5, 0.6) is 0 Å². The fraction of sp³-hybridized carbons (Fsp3) is 0.158. The summed E-state index contributed by atoms with van der Waals surface area (Å²) >= 11 is 0. The highest BCUT2D eigenvalue weighted by molar-refractivity contribution is 7.89. The largest absolute Gasteiger partial charge is 0.435 e. The molecule has 3 rings (SSSR count). The minimum Gasteiger partial charge on any atom is -0.301 e. The zero-order chi connectivity index (χ0) is 21.9. The number of alkyl halides is 3. The van der Waals surface area contributed by atoms with Gasteiger partial charge in [0.15, 0.2) is 5.69 Å². The van der Waals surface area contributed by atoms with Crippen LogP contribution >= 0.6 is 0 Å². The van der Waals surface area contributed by atoms with E-state index < -0.39 is 28.5 Å². The first-order valence-corrected chi connectivity index (χ1v) is 10.0. The summed E-state index contributed by atoms with van der Waals surface area (Å²) in [6.45, 7) is 1.39. The number of benzene rings is 2. The van der Waals surface area contributed by atoms with Crippen molar-refractivity contribution in [1.29, 1.82) is 0 Å². The topological polar surface area (TPSA) is 90.3 Å². The number of carbonyl (C=O) groups excluding carboxylic acids is 1. The van der Waals surface area contributed by atoms with Gasteiger partial charge in [-0.3, -0.25) is 4.84 Å². The third-order valence-corrected chi connectivity index (χ3v) is 5.29. The lowest BCUT2D eigenvalue weighted by Crippen LogP contribution is -2.24. The molecule has 0 radical (unpaired) electrons. The van der Waals surface area contributed by atoms with Gasteiger partial charge in [0.1, 0.15) is 12.9 Å². The van der Waals surface area contributed by atoms with E-state index in [9.17, 15) is 26.4 Å². The minimum atomic E-state index is -4.65. The van der Waals surface area contributed by atoms with Gasteiger partial charge in [-0.05, 0) is 37.3 Å². The Morgan fingerprint density at radius 3 is 2.30 bits per heavy atom. The number of carbonyl (C=O) groups is 1. The Kier molecular flexibility index (Phi) is 6.06. The van der Waals surface area contributed by atoms with Gasteiger partial charge in [0.05, 0.1) is 16.3 Å². The summed E-state index contributed by atoms with van der Waals surface area (Å²) in [4.78, 5) is 16.3. The van der Waals surface area contributed by atoms with Crippen molar-refractivity contribution in [3.63, 3.8) is 0 Å². The van der Waals surface area contributed by atoms with Crippen LogP contribution in [0.1, 0.15) is 11.3 Å². The van der Waals surface area contributed by atoms with Crippen LogP contribution in [0.3, 0.4) is 0 Å². The Labute approximate surface area is 170 Å². The summed E-state index contributed by atoms with van der Waals surface area (Å²) in [5.41, 5.74) is 0.821. The monoisotopic (exact) mass is 439 g/mol. The molecule has 0 amide bonds. The van der Waals surface area contributed by atoms with E-state index in [-0.39, 0.29) is 16.3 Å². The van der Waals surface area contributed by atoms with Crippen LogP contribution in [-0.4, -0.2) is 31.1 Å². The Balaban J connectivity index is 2.01. The lowest BCUT2D eigenvalue weighted by atomic mass is 10.1. The number of rotatable bonds is 7. The molecule has 0 spiro atoms. The second-order valence-corrected chi connectivity index (χ2v) is 7.89. The van der Waals surface area contributed by atoms with Gasteiger partial charge in [-0.1, -0.05) is 34.7 Å². The third kappa shape index (κ3) is 4.75. The zero-order valence-corrected chi connectivity index (χ0v) is 16.4. The maximum absolute atomic E-state index is 13.2. The average Bonchev–Trinajstić information content (AvgIpc) is 3.15. The molecule has 1 heterocycles. The van der Waals surface area contributed by atoms with Crippen LogP contribution < -0.4 is 4.89 Å². The standard InChI is InChI=1S/C19H16F3N3O4S/c1-13-2-4-14(5-3-13)17-12-18(19(20,21)22)23-25(17)15-6-8-16(9-7-15)30(27,28)24-29-11-10-26/h2-10,12,24H,11H2,1H3. The predicted octanol–water partition coefficient (Wildman–Crippen LogP) is 3.28. The summed E-state index contributed by atoms with van der Waals surface area (Å²) in [5, 5.41) is 3.67. The van der Waals surface area contributed by atoms with Gasteiger partial charge in [0, 0.05) is 5.56 Å². The highest BCUT2D eigenvalue weighted by Crippen LogP contribution is 2.33. The molecule has 158 valence electrons. The summed E-state index contributed by atoms with van der Waals surface area (Å²) < 4.78 is 65.0. The van der Waals surface area contributed by atoms with Crippen LogP contribution in [-0.2, 0) is 25.8 Å². The lowest BCUT2D eigenvalue weighted by Gasteiger charge is -2.10. The number of sulfonamides is 1. The second-order valence-electron chi connectivity index (χ2n) is 6.25. The quantitative estimate of drug-likeness (QED) is 0.347. The fourth-order valence-corrected chi connectivity index (χ4v) is 3.42. The van der Waals surface area contributed by atoms with Crippen LogP contribution in [0.15, 0.2) is 59.5 Å². The van der Waals surface area contributed by atoms with Gasteiger partial charge in [0.2, 0.25) is 0 Å². The van der Waals surface area contributed by atoms with Crippen LogP contribution in [0.4, 0.5) is 13.2 Å². The number of aldehydes is 1. The van der Waals surface area contributed by atoms with Crippen molar-refractivity contribution in [1.82, 2.24) is 14.7 Å². The normalized spacial score (nSPS) is 12.1. The Hall–Kier alpha value is -3.02. The molecule has 0 fully saturated rings. The summed E-state index contributed by atoms with van der Waals surface area (Å²) in [7, 11) is -4.06. The maximum Gasteiger partial charge on any atom is 0.435 e. The van der Waals surface area contributed by atoms with Crippen LogP contribution in [0.25, 0.3) is 16.9 Å². The van der Waals surface area contributed by atoms with E-state index in [1.165, 1.54) is 24.3 Å². The van der Waals surface area contributed by atoms with Crippen molar-refractivity contribution in [2.75, 3.05) is 6.61 Å². The highest BCUT2D eigenvalue weighted by Gasteiger charge is 2.35. The molecule has 30 heavy (non-hydrogen) atoms. The van der Waals surface area contributed by atoms with Gasteiger partial charge in [-0.25, -0.2) is 13.1 Å². The number of halogens is 3. The Morgan fingerprint density at radius 1 is 1.10 bits per heavy atom. The van der Waals surface area contributed by atoms with Crippen molar-refractivity contribution in [2.45, 2.75) is 18.0 Å². The van der Waals surface area contributed by atoms with Crippen molar-refractivity contribution >= 4 is 16.3 Å². The van der Waals surface area contributed by atoms with E-state index in [0.717, 1.165) is 16.3 Å². The van der Waals surface area contributed by atoms with Crippen molar-refractivity contribution in [2.24, 2.45) is 0 Å². The third-order valence-electron chi connectivity index (χ3n) is 4.06. The van der Waals surface area contributed by atoms with Crippen molar-refractivity contribution in [3.8, 4) is 16.9 Å². The van der Waals surface area contributed by atoms with Crippen LogP contribution in [0, 0.1) is 6.92 Å². The maximum atomic E-state index is 13.2. The summed E-state index contributed by atoms with van der Waals surface area (Å²) in [6, 6.07) is 12.8. The number of aryl methyl sites for hydroxylation is 1. The first-order chi connectivity index (χ1) is 14.1. The smallest absolute Gasteiger partial charge is 0.301 e. The molecule has 1 N–H and O–H groups in total. The number of nitrogens with one attached hydrogen (secondary N) is 1. The molecule has 0 aliphatic heterocycles. The SMILES string of the molecule is Cc1ccc(-c2cc(C(F)(F)F)nn2-c2ccc(S(=O)(=O)NOCC=O)cc2)cc1.